The Morgan fingerprint density at radius 1 is 1.04 bits per heavy atom. The van der Waals surface area contributed by atoms with Gasteiger partial charge < -0.3 is 0 Å². The van der Waals surface area contributed by atoms with Crippen LogP contribution in [0, 0.1) is 12.3 Å². The van der Waals surface area contributed by atoms with E-state index >= 15 is 0 Å². The summed E-state index contributed by atoms with van der Waals surface area (Å²) in [7, 11) is 0. The van der Waals surface area contributed by atoms with Gasteiger partial charge in [-0.05, 0) is 29.7 Å². The molecule has 0 N–H and O–H groups in total. The molecule has 0 aliphatic carbocycles. The third-order valence-corrected chi connectivity index (χ3v) is 4.96. The molecule has 4 nitrogen and oxygen atoms in total. The predicted octanol–water partition coefficient (Wildman–Crippen LogP) is 4.65. The highest BCUT2D eigenvalue weighted by Gasteiger charge is 2.49. The fraction of sp³-hybridized carbons (Fsp3) is 0.286. The van der Waals surface area contributed by atoms with Crippen LogP contribution in [0.5, 0.6) is 0 Å². The van der Waals surface area contributed by atoms with Crippen molar-refractivity contribution in [1.82, 2.24) is 14.8 Å². The van der Waals surface area contributed by atoms with Gasteiger partial charge >= 0.3 is 0 Å². The third-order valence-electron chi connectivity index (χ3n) is 4.54. The van der Waals surface area contributed by atoms with Crippen LogP contribution in [0.1, 0.15) is 37.5 Å². The smallest absolute Gasteiger partial charge is 0.174 e. The van der Waals surface area contributed by atoms with E-state index < -0.39 is 11.0 Å². The molecule has 3 aromatic rings. The molecule has 5 heteroatoms. The highest BCUT2D eigenvalue weighted by molar-refractivity contribution is 6.31. The van der Waals surface area contributed by atoms with Crippen LogP contribution in [0.15, 0.2) is 61.2 Å². The predicted molar refractivity (Wildman–Crippen MR) is 103 cm³/mol. The highest BCUT2D eigenvalue weighted by Crippen LogP contribution is 2.40. The summed E-state index contributed by atoms with van der Waals surface area (Å²) in [5.41, 5.74) is 0.843. The van der Waals surface area contributed by atoms with E-state index in [2.05, 4.69) is 10.1 Å². The molecule has 0 fully saturated rings. The summed E-state index contributed by atoms with van der Waals surface area (Å²) in [5.74, 6) is 0.0309. The van der Waals surface area contributed by atoms with Crippen LogP contribution in [0.2, 0.25) is 5.02 Å². The summed E-state index contributed by atoms with van der Waals surface area (Å²) in [4.78, 5) is 18.0. The van der Waals surface area contributed by atoms with Gasteiger partial charge in [-0.2, -0.15) is 5.10 Å². The molecule has 0 spiro atoms. The first-order chi connectivity index (χ1) is 12.3. The van der Waals surface area contributed by atoms with Crippen LogP contribution in [-0.2, 0) is 10.3 Å². The Labute approximate surface area is 158 Å². The maximum absolute atomic E-state index is 13.9. The van der Waals surface area contributed by atoms with E-state index in [0.717, 1.165) is 16.7 Å². The summed E-state index contributed by atoms with van der Waals surface area (Å²) in [6, 6.07) is 15.4. The minimum Gasteiger partial charge on any atom is -0.296 e. The Kier molecular flexibility index (Phi) is 4.72. The number of hydrogen-bond donors (Lipinski definition) is 0. The lowest BCUT2D eigenvalue weighted by molar-refractivity contribution is -0.132. The molecule has 134 valence electrons. The monoisotopic (exact) mass is 367 g/mol. The molecular weight excluding hydrogens is 346 g/mol. The number of aromatic nitrogens is 3. The SMILES string of the molecule is Cc1cc(C(C(=O)C(C)(C)C)(c2ccccc2)n2cncn2)ccc1Cl. The Morgan fingerprint density at radius 2 is 1.73 bits per heavy atom. The number of carbonyl (C=O) groups excluding carboxylic acids is 1. The first-order valence-electron chi connectivity index (χ1n) is 8.50. The molecule has 0 saturated heterocycles. The average Bonchev–Trinajstić information content (AvgIpc) is 3.13. The summed E-state index contributed by atoms with van der Waals surface area (Å²) < 4.78 is 1.65. The zero-order chi connectivity index (χ0) is 18.9. The van der Waals surface area contributed by atoms with Gasteiger partial charge in [0.05, 0.1) is 0 Å². The van der Waals surface area contributed by atoms with E-state index in [-0.39, 0.29) is 5.78 Å². The van der Waals surface area contributed by atoms with Crippen molar-refractivity contribution in [3.05, 3.63) is 82.9 Å². The molecule has 0 saturated carbocycles. The number of benzene rings is 2. The van der Waals surface area contributed by atoms with E-state index in [1.54, 1.807) is 11.0 Å². The Bertz CT molecular complexity index is 914. The number of halogens is 1. The zero-order valence-electron chi connectivity index (χ0n) is 15.4. The number of carbonyl (C=O) groups is 1. The second kappa shape index (κ2) is 6.69. The van der Waals surface area contributed by atoms with E-state index in [0.29, 0.717) is 5.02 Å². The van der Waals surface area contributed by atoms with Crippen molar-refractivity contribution >= 4 is 17.4 Å². The second-order valence-corrected chi connectivity index (χ2v) is 7.87. The van der Waals surface area contributed by atoms with Gasteiger partial charge in [-0.25, -0.2) is 9.67 Å². The standard InChI is InChI=1S/C21H22ClN3O/c1-15-12-17(10-11-18(15)22)21(19(26)20(2,3)4,25-14-23-13-24-25)16-8-6-5-7-9-16/h5-14H,1-4H3. The summed E-state index contributed by atoms with van der Waals surface area (Å²) in [6.45, 7) is 7.71. The lowest BCUT2D eigenvalue weighted by atomic mass is 9.70. The zero-order valence-corrected chi connectivity index (χ0v) is 16.2. The highest BCUT2D eigenvalue weighted by atomic mass is 35.5. The largest absolute Gasteiger partial charge is 0.296 e. The molecule has 1 aromatic heterocycles. The maximum atomic E-state index is 13.9. The molecular formula is C21H22ClN3O. The van der Waals surface area contributed by atoms with Gasteiger partial charge in [0.25, 0.3) is 0 Å². The van der Waals surface area contributed by atoms with Crippen LogP contribution in [-0.4, -0.2) is 20.5 Å². The van der Waals surface area contributed by atoms with Crippen LogP contribution < -0.4 is 0 Å². The van der Waals surface area contributed by atoms with Gasteiger partial charge in [0, 0.05) is 10.4 Å². The topological polar surface area (TPSA) is 47.8 Å². The summed E-state index contributed by atoms with van der Waals surface area (Å²) in [6.07, 6.45) is 3.05. The number of Topliss-reactive ketones (excluding diaryl/α,β-unsaturated/α-hetero) is 1. The average molecular weight is 368 g/mol. The fourth-order valence-electron chi connectivity index (χ4n) is 3.27. The van der Waals surface area contributed by atoms with Gasteiger partial charge in [-0.1, -0.05) is 74.8 Å². The molecule has 0 bridgehead atoms. The van der Waals surface area contributed by atoms with Gasteiger partial charge in [0.2, 0.25) is 0 Å². The van der Waals surface area contributed by atoms with Gasteiger partial charge in [0.15, 0.2) is 11.3 Å². The lowest BCUT2D eigenvalue weighted by Crippen LogP contribution is -2.49. The first kappa shape index (κ1) is 18.3. The lowest BCUT2D eigenvalue weighted by Gasteiger charge is -2.38. The number of rotatable bonds is 4. The minimum absolute atomic E-state index is 0.0309. The van der Waals surface area contributed by atoms with Gasteiger partial charge in [-0.15, -0.1) is 0 Å². The summed E-state index contributed by atoms with van der Waals surface area (Å²) >= 11 is 6.25. The van der Waals surface area contributed by atoms with E-state index in [9.17, 15) is 4.79 Å². The van der Waals surface area contributed by atoms with E-state index in [4.69, 9.17) is 11.6 Å². The molecule has 1 unspecified atom stereocenters. The van der Waals surface area contributed by atoms with Crippen LogP contribution >= 0.6 is 11.6 Å². The number of nitrogens with zero attached hydrogens (tertiary/aromatic N) is 3. The molecule has 0 aliphatic heterocycles. The van der Waals surface area contributed by atoms with Crippen molar-refractivity contribution in [1.29, 1.82) is 0 Å². The van der Waals surface area contributed by atoms with Gasteiger partial charge in [0.1, 0.15) is 12.7 Å². The third kappa shape index (κ3) is 2.95. The Hall–Kier alpha value is -2.46. The fourth-order valence-corrected chi connectivity index (χ4v) is 3.39. The normalized spacial score (nSPS) is 14.0. The van der Waals surface area contributed by atoms with Crippen molar-refractivity contribution in [2.75, 3.05) is 0 Å². The van der Waals surface area contributed by atoms with Gasteiger partial charge in [-0.3, -0.25) is 4.79 Å². The first-order valence-corrected chi connectivity index (χ1v) is 8.88. The van der Waals surface area contributed by atoms with Crippen molar-refractivity contribution in [3.63, 3.8) is 0 Å². The van der Waals surface area contributed by atoms with Crippen LogP contribution in [0.25, 0.3) is 0 Å². The Morgan fingerprint density at radius 3 is 2.27 bits per heavy atom. The second-order valence-electron chi connectivity index (χ2n) is 7.46. The van der Waals surface area contributed by atoms with E-state index in [1.807, 2.05) is 76.2 Å². The number of hydrogen-bond acceptors (Lipinski definition) is 3. The van der Waals surface area contributed by atoms with Crippen LogP contribution in [0.4, 0.5) is 0 Å². The number of aryl methyl sites for hydroxylation is 1. The molecule has 1 atom stereocenters. The molecule has 2 aromatic carbocycles. The molecule has 0 radical (unpaired) electrons. The quantitative estimate of drug-likeness (QED) is 0.674. The van der Waals surface area contributed by atoms with Crippen molar-refractivity contribution in [3.8, 4) is 0 Å². The van der Waals surface area contributed by atoms with Crippen molar-refractivity contribution in [2.24, 2.45) is 5.41 Å². The molecule has 26 heavy (non-hydrogen) atoms. The molecule has 0 aliphatic rings. The minimum atomic E-state index is -1.12. The van der Waals surface area contributed by atoms with Crippen molar-refractivity contribution < 1.29 is 4.79 Å². The summed E-state index contributed by atoms with van der Waals surface area (Å²) in [5, 5.41) is 5.04. The van der Waals surface area contributed by atoms with Crippen molar-refractivity contribution in [2.45, 2.75) is 33.2 Å². The van der Waals surface area contributed by atoms with E-state index in [1.165, 1.54) is 6.33 Å². The molecule has 0 amide bonds. The molecule has 3 rings (SSSR count). The van der Waals surface area contributed by atoms with Crippen LogP contribution in [0.3, 0.4) is 0 Å². The maximum Gasteiger partial charge on any atom is 0.174 e. The Balaban J connectivity index is 2.43. The number of ketones is 1. The molecule has 1 heterocycles.